The molecule has 5 N–H and O–H groups in total. The summed E-state index contributed by atoms with van der Waals surface area (Å²) in [6.45, 7) is 4.53. The number of esters is 1. The van der Waals surface area contributed by atoms with Crippen LogP contribution in [-0.4, -0.2) is 57.6 Å². The minimum absolute atomic E-state index is 0. The van der Waals surface area contributed by atoms with Gasteiger partial charge in [-0.25, -0.2) is 0 Å². The van der Waals surface area contributed by atoms with Crippen LogP contribution in [0.1, 0.15) is 45.4 Å². The quantitative estimate of drug-likeness (QED) is 0.248. The fraction of sp³-hybridized carbons (Fsp3) is 0.882. The summed E-state index contributed by atoms with van der Waals surface area (Å²) in [6.07, 6.45) is 8.57. The van der Waals surface area contributed by atoms with Gasteiger partial charge >= 0.3 is 5.97 Å². The highest BCUT2D eigenvalue weighted by Crippen LogP contribution is 2.25. The Labute approximate surface area is 158 Å². The zero-order chi connectivity index (χ0) is 18.0. The molecule has 1 saturated carbocycles. The van der Waals surface area contributed by atoms with Gasteiger partial charge < -0.3 is 26.3 Å². The Kier molecular flexibility index (Phi) is 20.6. The summed E-state index contributed by atoms with van der Waals surface area (Å²) in [5.41, 5.74) is 0. The van der Waals surface area contributed by atoms with E-state index in [-0.39, 0.29) is 24.6 Å². The normalized spacial score (nSPS) is 13.9. The molecular formula is C17H37N3O4S. The van der Waals surface area contributed by atoms with Crippen molar-refractivity contribution < 1.29 is 19.1 Å². The average Bonchev–Trinajstić information content (AvgIpc) is 2.60. The van der Waals surface area contributed by atoms with Crippen LogP contribution < -0.4 is 16.8 Å². The third-order valence-electron chi connectivity index (χ3n) is 3.77. The highest BCUT2D eigenvalue weighted by Gasteiger charge is 2.16. The molecule has 0 radical (unpaired) electrons. The van der Waals surface area contributed by atoms with Crippen molar-refractivity contribution in [3.63, 3.8) is 0 Å². The van der Waals surface area contributed by atoms with Gasteiger partial charge in [0.2, 0.25) is 5.91 Å². The van der Waals surface area contributed by atoms with E-state index in [9.17, 15) is 9.59 Å². The van der Waals surface area contributed by atoms with Gasteiger partial charge in [0.05, 0.1) is 26.4 Å². The molecule has 1 aliphatic rings. The summed E-state index contributed by atoms with van der Waals surface area (Å²) in [5.74, 6) is 0.454. The van der Waals surface area contributed by atoms with Gasteiger partial charge in [-0.2, -0.15) is 12.6 Å². The molecule has 0 spiro atoms. The molecule has 0 heterocycles. The van der Waals surface area contributed by atoms with Crippen LogP contribution in [0, 0.1) is 5.92 Å². The third-order valence-corrected chi connectivity index (χ3v) is 3.77. The van der Waals surface area contributed by atoms with Crippen LogP contribution in [-0.2, 0) is 19.1 Å². The van der Waals surface area contributed by atoms with Gasteiger partial charge in [0.15, 0.2) is 0 Å². The molecule has 1 rings (SSSR count). The molecule has 1 amide bonds. The van der Waals surface area contributed by atoms with E-state index in [4.69, 9.17) is 9.47 Å². The second-order valence-corrected chi connectivity index (χ2v) is 5.65. The van der Waals surface area contributed by atoms with Crippen LogP contribution in [0.25, 0.3) is 0 Å². The van der Waals surface area contributed by atoms with Crippen molar-refractivity contribution in [3.8, 4) is 0 Å². The van der Waals surface area contributed by atoms with Crippen molar-refractivity contribution in [2.24, 2.45) is 5.92 Å². The van der Waals surface area contributed by atoms with Crippen LogP contribution >= 0.6 is 12.6 Å². The second-order valence-electron chi connectivity index (χ2n) is 5.65. The fourth-order valence-electron chi connectivity index (χ4n) is 2.64. The van der Waals surface area contributed by atoms with Crippen LogP contribution in [0.4, 0.5) is 0 Å². The molecule has 1 fully saturated rings. The molecule has 0 aromatic heterocycles. The predicted octanol–water partition coefficient (Wildman–Crippen LogP) is 1.95. The number of thiol groups is 1. The molecule has 0 bridgehead atoms. The molecular weight excluding hydrogens is 342 g/mol. The molecule has 0 saturated heterocycles. The molecule has 0 aliphatic heterocycles. The number of hydrogen-bond acceptors (Lipinski definition) is 7. The Hall–Kier alpha value is -0.830. The first-order valence-electron chi connectivity index (χ1n) is 8.88. The first kappa shape index (κ1) is 26.4. The smallest absolute Gasteiger partial charge is 0.319 e. The van der Waals surface area contributed by atoms with Crippen LogP contribution in [0.2, 0.25) is 0 Å². The number of amides is 1. The lowest BCUT2D eigenvalue weighted by molar-refractivity contribution is -0.142. The van der Waals surface area contributed by atoms with Gasteiger partial charge in [-0.15, -0.1) is 0 Å². The predicted molar refractivity (Wildman–Crippen MR) is 104 cm³/mol. The SMILES string of the molecule is CCOC(=O)CNCCOCCNC(=O)CC1CCCCC1.CS.N. The first-order chi connectivity index (χ1) is 11.7. The van der Waals surface area contributed by atoms with E-state index >= 15 is 0 Å². The number of rotatable bonds is 11. The molecule has 7 nitrogen and oxygen atoms in total. The Balaban J connectivity index is 0. The number of carbonyl (C=O) groups is 2. The van der Waals surface area contributed by atoms with E-state index in [1.165, 1.54) is 32.1 Å². The summed E-state index contributed by atoms with van der Waals surface area (Å²) in [6, 6.07) is 0. The Morgan fingerprint density at radius 1 is 1.08 bits per heavy atom. The van der Waals surface area contributed by atoms with Crippen molar-refractivity contribution in [2.45, 2.75) is 45.4 Å². The lowest BCUT2D eigenvalue weighted by Gasteiger charge is -2.20. The zero-order valence-corrected chi connectivity index (χ0v) is 16.7. The van der Waals surface area contributed by atoms with Crippen LogP contribution in [0.15, 0.2) is 0 Å². The van der Waals surface area contributed by atoms with Crippen molar-refractivity contribution in [1.82, 2.24) is 16.8 Å². The number of ether oxygens (including phenoxy) is 2. The maximum Gasteiger partial charge on any atom is 0.319 e. The molecule has 0 aromatic rings. The van der Waals surface area contributed by atoms with Crippen molar-refractivity contribution in [2.75, 3.05) is 45.7 Å². The van der Waals surface area contributed by atoms with E-state index in [2.05, 4.69) is 23.3 Å². The summed E-state index contributed by atoms with van der Waals surface area (Å²) in [7, 11) is 0. The lowest BCUT2D eigenvalue weighted by atomic mass is 9.87. The minimum Gasteiger partial charge on any atom is -0.465 e. The number of hydrogen-bond donors (Lipinski definition) is 4. The van der Waals surface area contributed by atoms with E-state index in [1.54, 1.807) is 13.2 Å². The lowest BCUT2D eigenvalue weighted by Crippen LogP contribution is -2.31. The van der Waals surface area contributed by atoms with E-state index in [1.807, 2.05) is 0 Å². The maximum absolute atomic E-state index is 11.8. The van der Waals surface area contributed by atoms with E-state index in [0.29, 0.717) is 45.2 Å². The molecule has 0 unspecified atom stereocenters. The first-order valence-corrected chi connectivity index (χ1v) is 9.77. The van der Waals surface area contributed by atoms with Gasteiger partial charge in [-0.3, -0.25) is 9.59 Å². The Morgan fingerprint density at radius 3 is 2.36 bits per heavy atom. The summed E-state index contributed by atoms with van der Waals surface area (Å²) >= 11 is 3.53. The Morgan fingerprint density at radius 2 is 1.72 bits per heavy atom. The molecule has 0 atom stereocenters. The molecule has 0 aromatic carbocycles. The Bertz CT molecular complexity index is 327. The van der Waals surface area contributed by atoms with Crippen molar-refractivity contribution in [1.29, 1.82) is 0 Å². The van der Waals surface area contributed by atoms with Crippen molar-refractivity contribution >= 4 is 24.5 Å². The molecule has 150 valence electrons. The largest absolute Gasteiger partial charge is 0.465 e. The van der Waals surface area contributed by atoms with Gasteiger partial charge in [0, 0.05) is 19.5 Å². The van der Waals surface area contributed by atoms with Gasteiger partial charge in [-0.05, 0) is 31.9 Å². The fourth-order valence-corrected chi connectivity index (χ4v) is 2.64. The van der Waals surface area contributed by atoms with Crippen molar-refractivity contribution in [3.05, 3.63) is 0 Å². The molecule has 25 heavy (non-hydrogen) atoms. The number of carbonyl (C=O) groups excluding carboxylic acids is 2. The third kappa shape index (κ3) is 16.4. The second kappa shape index (κ2) is 19.5. The number of nitrogens with one attached hydrogen (secondary N) is 2. The van der Waals surface area contributed by atoms with Gasteiger partial charge in [0.1, 0.15) is 0 Å². The molecule has 8 heteroatoms. The van der Waals surface area contributed by atoms with Gasteiger partial charge in [0.25, 0.3) is 0 Å². The summed E-state index contributed by atoms with van der Waals surface area (Å²) in [4.78, 5) is 22.8. The van der Waals surface area contributed by atoms with Crippen LogP contribution in [0.5, 0.6) is 0 Å². The maximum atomic E-state index is 11.8. The highest BCUT2D eigenvalue weighted by atomic mass is 32.1. The summed E-state index contributed by atoms with van der Waals surface area (Å²) < 4.78 is 10.2. The topological polar surface area (TPSA) is 112 Å². The summed E-state index contributed by atoms with van der Waals surface area (Å²) in [5, 5.41) is 5.83. The average molecular weight is 380 g/mol. The zero-order valence-electron chi connectivity index (χ0n) is 15.8. The van der Waals surface area contributed by atoms with E-state index in [0.717, 1.165) is 0 Å². The molecule has 1 aliphatic carbocycles. The minimum atomic E-state index is -0.252. The van der Waals surface area contributed by atoms with Gasteiger partial charge in [-0.1, -0.05) is 19.3 Å². The van der Waals surface area contributed by atoms with E-state index < -0.39 is 0 Å². The monoisotopic (exact) mass is 379 g/mol. The highest BCUT2D eigenvalue weighted by molar-refractivity contribution is 7.79. The standard InChI is InChI=1S/C16H30N2O4.CH4S.H3N/c1-2-22-16(20)13-17-8-10-21-11-9-18-15(19)12-14-6-4-3-5-7-14;1-2;/h14,17H,2-13H2,1H3,(H,18,19);2H,1H3;1H3. The van der Waals surface area contributed by atoms with Crippen LogP contribution in [0.3, 0.4) is 0 Å².